The minimum Gasteiger partial charge on any atom is -0.378 e. The number of likely N-dealkylation sites (N-methyl/N-ethyl adjacent to an activating group) is 1. The summed E-state index contributed by atoms with van der Waals surface area (Å²) in [7, 11) is 3.48. The molecule has 0 bridgehead atoms. The first-order chi connectivity index (χ1) is 12.1. The van der Waals surface area contributed by atoms with Crippen LogP contribution < -0.4 is 15.5 Å². The second kappa shape index (κ2) is 10.5. The van der Waals surface area contributed by atoms with Crippen molar-refractivity contribution in [2.24, 2.45) is 7.05 Å². The van der Waals surface area contributed by atoms with Gasteiger partial charge in [0.2, 0.25) is 5.91 Å². The molecule has 1 amide bonds. The van der Waals surface area contributed by atoms with Gasteiger partial charge in [0.05, 0.1) is 19.4 Å². The maximum absolute atomic E-state index is 14.0. The quantitative estimate of drug-likeness (QED) is 0.776. The van der Waals surface area contributed by atoms with Crippen molar-refractivity contribution < 1.29 is 13.9 Å². The molecule has 1 saturated heterocycles. The van der Waals surface area contributed by atoms with Gasteiger partial charge in [-0.15, -0.1) is 24.8 Å². The number of hydrogen-bond donors (Lipinski definition) is 2. The van der Waals surface area contributed by atoms with E-state index >= 15 is 0 Å². The first kappa shape index (κ1) is 23.2. The van der Waals surface area contributed by atoms with Crippen molar-refractivity contribution in [1.29, 1.82) is 0 Å². The average Bonchev–Trinajstić information content (AvgIpc) is 3.02. The molecule has 2 heterocycles. The van der Waals surface area contributed by atoms with E-state index in [2.05, 4.69) is 15.7 Å². The van der Waals surface area contributed by atoms with Crippen LogP contribution in [0.2, 0.25) is 0 Å². The van der Waals surface area contributed by atoms with E-state index in [0.717, 1.165) is 11.3 Å². The topological polar surface area (TPSA) is 71.4 Å². The van der Waals surface area contributed by atoms with Gasteiger partial charge in [0.15, 0.2) is 0 Å². The number of aromatic nitrogens is 2. The van der Waals surface area contributed by atoms with E-state index in [4.69, 9.17) is 4.74 Å². The highest BCUT2D eigenvalue weighted by Gasteiger charge is 2.21. The normalized spacial score (nSPS) is 14.7. The van der Waals surface area contributed by atoms with Crippen molar-refractivity contribution in [3.8, 4) is 0 Å². The number of carbonyl (C=O) groups excluding carboxylic acids is 1. The van der Waals surface area contributed by atoms with Crippen LogP contribution >= 0.6 is 24.8 Å². The van der Waals surface area contributed by atoms with Crippen LogP contribution in [0.25, 0.3) is 0 Å². The minimum absolute atomic E-state index is 0. The zero-order chi connectivity index (χ0) is 17.8. The number of carbonyl (C=O) groups is 1. The van der Waals surface area contributed by atoms with Gasteiger partial charge >= 0.3 is 0 Å². The van der Waals surface area contributed by atoms with Gasteiger partial charge in [0, 0.05) is 43.3 Å². The molecule has 1 aliphatic rings. The second-order valence-electron chi connectivity index (χ2n) is 5.96. The zero-order valence-corrected chi connectivity index (χ0v) is 16.8. The lowest BCUT2D eigenvalue weighted by Gasteiger charge is -2.29. The monoisotopic (exact) mass is 419 g/mol. The predicted octanol–water partition coefficient (Wildman–Crippen LogP) is 2.14. The molecule has 1 aromatic carbocycles. The number of benzene rings is 1. The van der Waals surface area contributed by atoms with Gasteiger partial charge < -0.3 is 20.3 Å². The van der Waals surface area contributed by atoms with Gasteiger partial charge in [-0.3, -0.25) is 9.48 Å². The Labute approximate surface area is 170 Å². The Morgan fingerprint density at radius 1 is 1.26 bits per heavy atom. The van der Waals surface area contributed by atoms with Crippen LogP contribution in [0.1, 0.15) is 11.6 Å². The van der Waals surface area contributed by atoms with Gasteiger partial charge in [-0.05, 0) is 25.2 Å². The number of nitrogens with one attached hydrogen (secondary N) is 2. The fraction of sp³-hybridized carbons (Fsp3) is 0.412. The number of morpholine rings is 1. The van der Waals surface area contributed by atoms with Gasteiger partial charge in [0.25, 0.3) is 0 Å². The third-order valence-electron chi connectivity index (χ3n) is 4.14. The maximum Gasteiger partial charge on any atom is 0.246 e. The van der Waals surface area contributed by atoms with Crippen molar-refractivity contribution in [2.45, 2.75) is 6.04 Å². The molecule has 0 aliphatic carbocycles. The van der Waals surface area contributed by atoms with Gasteiger partial charge in [-0.2, -0.15) is 5.10 Å². The lowest BCUT2D eigenvalue weighted by atomic mass is 10.1. The summed E-state index contributed by atoms with van der Waals surface area (Å²) in [5, 5.41) is 9.83. The first-order valence-electron chi connectivity index (χ1n) is 8.17. The van der Waals surface area contributed by atoms with Crippen molar-refractivity contribution in [1.82, 2.24) is 15.1 Å². The molecule has 7 nitrogen and oxygen atoms in total. The third-order valence-corrected chi connectivity index (χ3v) is 4.14. The SMILES string of the molecule is CNC(C(=O)Nc1cc(F)cc(N2CCOCC2)c1)c1cnn(C)c1.Cl.Cl. The number of aryl methyl sites for hydroxylation is 1. The lowest BCUT2D eigenvalue weighted by molar-refractivity contribution is -0.118. The standard InChI is InChI=1S/C17H22FN5O2.2ClH/c1-19-16(12-10-20-22(2)11-12)17(24)21-14-7-13(18)8-15(9-14)23-3-5-25-6-4-23;;/h7-11,16,19H,3-6H2,1-2H3,(H,21,24);2*1H. The van der Waals surface area contributed by atoms with Gasteiger partial charge in [-0.1, -0.05) is 0 Å². The number of hydrogen-bond acceptors (Lipinski definition) is 5. The molecule has 1 atom stereocenters. The maximum atomic E-state index is 14.0. The molecule has 2 N–H and O–H groups in total. The Morgan fingerprint density at radius 3 is 2.56 bits per heavy atom. The predicted molar refractivity (Wildman–Crippen MR) is 108 cm³/mol. The van der Waals surface area contributed by atoms with Crippen LogP contribution in [-0.2, 0) is 16.6 Å². The fourth-order valence-corrected chi connectivity index (χ4v) is 2.90. The molecule has 150 valence electrons. The smallest absolute Gasteiger partial charge is 0.246 e. The largest absolute Gasteiger partial charge is 0.378 e. The summed E-state index contributed by atoms with van der Waals surface area (Å²) in [6, 6.07) is 4.00. The molecule has 0 radical (unpaired) electrons. The van der Waals surface area contributed by atoms with E-state index in [-0.39, 0.29) is 36.5 Å². The minimum atomic E-state index is -0.566. The summed E-state index contributed by atoms with van der Waals surface area (Å²) in [5.41, 5.74) is 1.91. The Morgan fingerprint density at radius 2 is 1.96 bits per heavy atom. The summed E-state index contributed by atoms with van der Waals surface area (Å²) in [6.45, 7) is 2.62. The van der Waals surface area contributed by atoms with E-state index in [0.29, 0.717) is 32.0 Å². The number of rotatable bonds is 5. The van der Waals surface area contributed by atoms with E-state index in [9.17, 15) is 9.18 Å². The Balaban J connectivity index is 0.00000182. The molecule has 10 heteroatoms. The molecular weight excluding hydrogens is 396 g/mol. The van der Waals surface area contributed by atoms with E-state index in [1.807, 2.05) is 4.90 Å². The van der Waals surface area contributed by atoms with Crippen molar-refractivity contribution in [2.75, 3.05) is 43.6 Å². The summed E-state index contributed by atoms with van der Waals surface area (Å²) >= 11 is 0. The number of halogens is 3. The zero-order valence-electron chi connectivity index (χ0n) is 15.1. The van der Waals surface area contributed by atoms with Gasteiger partial charge in [-0.25, -0.2) is 4.39 Å². The second-order valence-corrected chi connectivity index (χ2v) is 5.96. The van der Waals surface area contributed by atoms with Crippen LogP contribution in [0.4, 0.5) is 15.8 Å². The number of nitrogens with zero attached hydrogens (tertiary/aromatic N) is 3. The van der Waals surface area contributed by atoms with E-state index < -0.39 is 6.04 Å². The number of amides is 1. The highest BCUT2D eigenvalue weighted by atomic mass is 35.5. The van der Waals surface area contributed by atoms with Crippen molar-refractivity contribution in [3.63, 3.8) is 0 Å². The van der Waals surface area contributed by atoms with Crippen LogP contribution in [0.15, 0.2) is 30.6 Å². The molecule has 0 spiro atoms. The highest BCUT2D eigenvalue weighted by Crippen LogP contribution is 2.24. The Kier molecular flexibility index (Phi) is 8.98. The first-order valence-corrected chi connectivity index (χ1v) is 8.17. The third kappa shape index (κ3) is 5.80. The summed E-state index contributed by atoms with van der Waals surface area (Å²) in [5.74, 6) is -0.657. The molecule has 0 saturated carbocycles. The van der Waals surface area contributed by atoms with Gasteiger partial charge in [0.1, 0.15) is 11.9 Å². The molecule has 2 aromatic rings. The van der Waals surface area contributed by atoms with Crippen molar-refractivity contribution >= 4 is 42.1 Å². The van der Waals surface area contributed by atoms with Crippen LogP contribution in [0, 0.1) is 5.82 Å². The molecule has 27 heavy (non-hydrogen) atoms. The lowest BCUT2D eigenvalue weighted by Crippen LogP contribution is -2.36. The molecule has 1 aromatic heterocycles. The van der Waals surface area contributed by atoms with Crippen LogP contribution in [-0.4, -0.2) is 49.0 Å². The Hall–Kier alpha value is -1.87. The summed E-state index contributed by atoms with van der Waals surface area (Å²) < 4.78 is 21.0. The molecule has 1 fully saturated rings. The van der Waals surface area contributed by atoms with E-state index in [1.54, 1.807) is 37.2 Å². The van der Waals surface area contributed by atoms with E-state index in [1.165, 1.54) is 12.1 Å². The number of ether oxygens (including phenoxy) is 1. The Bertz CT molecular complexity index is 753. The van der Waals surface area contributed by atoms with Crippen LogP contribution in [0.5, 0.6) is 0 Å². The molecule has 1 unspecified atom stereocenters. The molecular formula is C17H24Cl2FN5O2. The summed E-state index contributed by atoms with van der Waals surface area (Å²) in [4.78, 5) is 14.6. The van der Waals surface area contributed by atoms with Crippen molar-refractivity contribution in [3.05, 3.63) is 42.0 Å². The fourth-order valence-electron chi connectivity index (χ4n) is 2.90. The molecule has 3 rings (SSSR count). The summed E-state index contributed by atoms with van der Waals surface area (Å²) in [6.07, 6.45) is 3.40. The van der Waals surface area contributed by atoms with Crippen LogP contribution in [0.3, 0.4) is 0 Å². The molecule has 1 aliphatic heterocycles. The highest BCUT2D eigenvalue weighted by molar-refractivity contribution is 5.95. The average molecular weight is 420 g/mol. The number of anilines is 2.